The quantitative estimate of drug-likeness (QED) is 0.767. The van der Waals surface area contributed by atoms with Gasteiger partial charge in [-0.3, -0.25) is 0 Å². The zero-order valence-corrected chi connectivity index (χ0v) is 12.5. The minimum absolute atomic E-state index is 0.705. The Balaban J connectivity index is 2.27. The van der Waals surface area contributed by atoms with E-state index in [-0.39, 0.29) is 0 Å². The van der Waals surface area contributed by atoms with Gasteiger partial charge in [-0.25, -0.2) is 0 Å². The average Bonchev–Trinajstić information content (AvgIpc) is 2.26. The number of hydrogen-bond donors (Lipinski definition) is 1. The van der Waals surface area contributed by atoms with Gasteiger partial charge in [0.1, 0.15) is 0 Å². The van der Waals surface area contributed by atoms with Crippen molar-refractivity contribution in [2.24, 2.45) is 11.8 Å². The second-order valence-corrected chi connectivity index (χ2v) is 6.39. The fourth-order valence-corrected chi connectivity index (χ4v) is 2.88. The molecule has 0 aliphatic carbocycles. The Labute approximate surface area is 108 Å². The van der Waals surface area contributed by atoms with Gasteiger partial charge in [-0.05, 0) is 44.2 Å². The summed E-state index contributed by atoms with van der Waals surface area (Å²) in [5.74, 6) is 1.56. The predicted molar refractivity (Wildman–Crippen MR) is 76.4 cm³/mol. The van der Waals surface area contributed by atoms with Gasteiger partial charge < -0.3 is 10.2 Å². The van der Waals surface area contributed by atoms with Gasteiger partial charge in [-0.1, -0.05) is 34.6 Å². The molecule has 0 aromatic heterocycles. The molecule has 0 aromatic rings. The van der Waals surface area contributed by atoms with Crippen molar-refractivity contribution in [2.75, 3.05) is 19.6 Å². The van der Waals surface area contributed by atoms with Crippen molar-refractivity contribution >= 4 is 0 Å². The minimum Gasteiger partial charge on any atom is -0.311 e. The van der Waals surface area contributed by atoms with Gasteiger partial charge in [-0.2, -0.15) is 0 Å². The number of nitrogens with one attached hydrogen (secondary N) is 1. The van der Waals surface area contributed by atoms with Crippen molar-refractivity contribution in [2.45, 2.75) is 66.0 Å². The highest BCUT2D eigenvalue weighted by atomic mass is 15.1. The van der Waals surface area contributed by atoms with E-state index in [0.29, 0.717) is 6.04 Å². The van der Waals surface area contributed by atoms with Crippen LogP contribution in [0.3, 0.4) is 0 Å². The van der Waals surface area contributed by atoms with E-state index < -0.39 is 0 Å². The molecule has 1 aliphatic rings. The highest BCUT2D eigenvalue weighted by molar-refractivity contribution is 4.81. The van der Waals surface area contributed by atoms with Gasteiger partial charge in [0, 0.05) is 18.6 Å². The summed E-state index contributed by atoms with van der Waals surface area (Å²) >= 11 is 0. The molecule has 0 radical (unpaired) electrons. The largest absolute Gasteiger partial charge is 0.311 e. The number of piperidine rings is 1. The summed E-state index contributed by atoms with van der Waals surface area (Å²) in [7, 11) is 0. The van der Waals surface area contributed by atoms with E-state index in [2.05, 4.69) is 44.8 Å². The molecule has 0 saturated carbocycles. The topological polar surface area (TPSA) is 15.3 Å². The molecule has 1 saturated heterocycles. The molecule has 2 heteroatoms. The zero-order valence-electron chi connectivity index (χ0n) is 12.5. The first-order valence-corrected chi connectivity index (χ1v) is 7.51. The molecular weight excluding hydrogens is 208 g/mol. The standard InChI is InChI=1S/C15H32N2/c1-6-15(13(4)5)16-14-7-9-17(10-8-14)11-12(2)3/h12-16H,6-11H2,1-5H3. The molecule has 1 N–H and O–H groups in total. The van der Waals surface area contributed by atoms with Crippen molar-refractivity contribution < 1.29 is 0 Å². The summed E-state index contributed by atoms with van der Waals surface area (Å²) in [6.45, 7) is 15.4. The van der Waals surface area contributed by atoms with E-state index in [4.69, 9.17) is 0 Å². The lowest BCUT2D eigenvalue weighted by Crippen LogP contribution is -2.48. The fourth-order valence-electron chi connectivity index (χ4n) is 2.88. The van der Waals surface area contributed by atoms with Crippen LogP contribution in [-0.2, 0) is 0 Å². The summed E-state index contributed by atoms with van der Waals surface area (Å²) in [6, 6.07) is 1.46. The van der Waals surface area contributed by atoms with Gasteiger partial charge in [0.05, 0.1) is 0 Å². The van der Waals surface area contributed by atoms with Gasteiger partial charge in [-0.15, -0.1) is 0 Å². The zero-order chi connectivity index (χ0) is 12.8. The monoisotopic (exact) mass is 240 g/mol. The molecular formula is C15H32N2. The number of likely N-dealkylation sites (tertiary alicyclic amines) is 1. The summed E-state index contributed by atoms with van der Waals surface area (Å²) in [5, 5.41) is 3.85. The Morgan fingerprint density at radius 3 is 2.12 bits per heavy atom. The van der Waals surface area contributed by atoms with E-state index in [1.54, 1.807) is 0 Å². The Morgan fingerprint density at radius 2 is 1.71 bits per heavy atom. The van der Waals surface area contributed by atoms with Crippen molar-refractivity contribution in [1.82, 2.24) is 10.2 Å². The lowest BCUT2D eigenvalue weighted by atomic mass is 9.97. The third kappa shape index (κ3) is 5.39. The second-order valence-electron chi connectivity index (χ2n) is 6.39. The fraction of sp³-hybridized carbons (Fsp3) is 1.00. The highest BCUT2D eigenvalue weighted by Gasteiger charge is 2.22. The van der Waals surface area contributed by atoms with Gasteiger partial charge in [0.25, 0.3) is 0 Å². The molecule has 1 aliphatic heterocycles. The molecule has 0 bridgehead atoms. The third-order valence-corrected chi connectivity index (χ3v) is 3.91. The first-order chi connectivity index (χ1) is 8.02. The average molecular weight is 240 g/mol. The van der Waals surface area contributed by atoms with Crippen LogP contribution in [0.15, 0.2) is 0 Å². The minimum atomic E-state index is 0.705. The maximum Gasteiger partial charge on any atom is 0.00941 e. The first-order valence-electron chi connectivity index (χ1n) is 7.51. The maximum atomic E-state index is 3.85. The normalized spacial score (nSPS) is 21.4. The Morgan fingerprint density at radius 1 is 1.12 bits per heavy atom. The van der Waals surface area contributed by atoms with Crippen LogP contribution in [0, 0.1) is 11.8 Å². The van der Waals surface area contributed by atoms with Crippen LogP contribution in [0.2, 0.25) is 0 Å². The van der Waals surface area contributed by atoms with Gasteiger partial charge in [0.2, 0.25) is 0 Å². The molecule has 102 valence electrons. The highest BCUT2D eigenvalue weighted by Crippen LogP contribution is 2.15. The van der Waals surface area contributed by atoms with E-state index in [1.165, 1.54) is 38.9 Å². The van der Waals surface area contributed by atoms with Gasteiger partial charge in [0.15, 0.2) is 0 Å². The Bertz CT molecular complexity index is 193. The molecule has 0 aromatic carbocycles. The summed E-state index contributed by atoms with van der Waals surface area (Å²) in [6.07, 6.45) is 3.91. The van der Waals surface area contributed by atoms with Crippen molar-refractivity contribution in [1.29, 1.82) is 0 Å². The molecule has 1 atom stereocenters. The Kier molecular flexibility index (Phi) is 6.50. The van der Waals surface area contributed by atoms with Gasteiger partial charge >= 0.3 is 0 Å². The van der Waals surface area contributed by atoms with E-state index in [0.717, 1.165) is 17.9 Å². The van der Waals surface area contributed by atoms with Crippen LogP contribution >= 0.6 is 0 Å². The van der Waals surface area contributed by atoms with E-state index in [9.17, 15) is 0 Å². The van der Waals surface area contributed by atoms with Crippen LogP contribution in [0.5, 0.6) is 0 Å². The summed E-state index contributed by atoms with van der Waals surface area (Å²) < 4.78 is 0. The Hall–Kier alpha value is -0.0800. The SMILES string of the molecule is CCC(NC1CCN(CC(C)C)CC1)C(C)C. The number of hydrogen-bond acceptors (Lipinski definition) is 2. The van der Waals surface area contributed by atoms with Crippen LogP contribution in [0.1, 0.15) is 53.9 Å². The van der Waals surface area contributed by atoms with E-state index >= 15 is 0 Å². The molecule has 1 unspecified atom stereocenters. The van der Waals surface area contributed by atoms with Crippen LogP contribution in [0.4, 0.5) is 0 Å². The smallest absolute Gasteiger partial charge is 0.00941 e. The number of nitrogens with zero attached hydrogens (tertiary/aromatic N) is 1. The second kappa shape index (κ2) is 7.38. The molecule has 0 amide bonds. The van der Waals surface area contributed by atoms with Crippen LogP contribution in [0.25, 0.3) is 0 Å². The van der Waals surface area contributed by atoms with Crippen LogP contribution in [-0.4, -0.2) is 36.6 Å². The number of rotatable bonds is 6. The molecule has 0 spiro atoms. The third-order valence-electron chi connectivity index (χ3n) is 3.91. The van der Waals surface area contributed by atoms with Crippen LogP contribution < -0.4 is 5.32 Å². The molecule has 1 heterocycles. The lowest BCUT2D eigenvalue weighted by Gasteiger charge is -2.36. The predicted octanol–water partition coefficient (Wildman–Crippen LogP) is 3.13. The molecule has 1 fully saturated rings. The first kappa shape index (κ1) is 15.0. The van der Waals surface area contributed by atoms with Crippen molar-refractivity contribution in [3.8, 4) is 0 Å². The summed E-state index contributed by atoms with van der Waals surface area (Å²) in [5.41, 5.74) is 0. The van der Waals surface area contributed by atoms with E-state index in [1.807, 2.05) is 0 Å². The molecule has 1 rings (SSSR count). The maximum absolute atomic E-state index is 3.85. The lowest BCUT2D eigenvalue weighted by molar-refractivity contribution is 0.168. The molecule has 2 nitrogen and oxygen atoms in total. The molecule has 17 heavy (non-hydrogen) atoms. The summed E-state index contributed by atoms with van der Waals surface area (Å²) in [4.78, 5) is 2.62. The van der Waals surface area contributed by atoms with Crippen molar-refractivity contribution in [3.63, 3.8) is 0 Å². The van der Waals surface area contributed by atoms with Crippen molar-refractivity contribution in [3.05, 3.63) is 0 Å².